The zero-order valence-corrected chi connectivity index (χ0v) is 17.8. The van der Waals surface area contributed by atoms with E-state index < -0.39 is 27.7 Å². The topological polar surface area (TPSA) is 84.5 Å². The number of alkyl halides is 3. The van der Waals surface area contributed by atoms with Gasteiger partial charge in [-0.2, -0.15) is 13.2 Å². The van der Waals surface area contributed by atoms with Gasteiger partial charge in [-0.3, -0.25) is 9.52 Å². The molecule has 0 fully saturated rings. The van der Waals surface area contributed by atoms with E-state index in [9.17, 15) is 26.4 Å². The van der Waals surface area contributed by atoms with Crippen molar-refractivity contribution in [2.24, 2.45) is 0 Å². The number of carbonyl (C=O) groups excluding carboxylic acids is 1. The lowest BCUT2D eigenvalue weighted by atomic mass is 10.1. The van der Waals surface area contributed by atoms with Gasteiger partial charge in [0.15, 0.2) is 0 Å². The largest absolute Gasteiger partial charge is 0.495 e. The van der Waals surface area contributed by atoms with Gasteiger partial charge in [0.2, 0.25) is 0 Å². The predicted octanol–water partition coefficient (Wildman–Crippen LogP) is 5.08. The first-order chi connectivity index (χ1) is 15.0. The molecule has 3 aromatic rings. The summed E-state index contributed by atoms with van der Waals surface area (Å²) in [4.78, 5) is 12.4. The molecule has 0 aliphatic carbocycles. The van der Waals surface area contributed by atoms with E-state index >= 15 is 0 Å². The number of nitrogens with one attached hydrogen (secondary N) is 2. The Bertz CT molecular complexity index is 1260. The summed E-state index contributed by atoms with van der Waals surface area (Å²) >= 11 is 0. The van der Waals surface area contributed by atoms with Crippen molar-refractivity contribution in [3.8, 4) is 5.75 Å². The summed E-state index contributed by atoms with van der Waals surface area (Å²) in [6, 6.07) is 14.5. The van der Waals surface area contributed by atoms with Crippen molar-refractivity contribution in [2.45, 2.75) is 18.0 Å². The van der Waals surface area contributed by atoms with Crippen LogP contribution < -0.4 is 14.8 Å². The number of ether oxygens (including phenoxy) is 1. The van der Waals surface area contributed by atoms with Crippen molar-refractivity contribution in [3.63, 3.8) is 0 Å². The number of hydrogen-bond donors (Lipinski definition) is 2. The Morgan fingerprint density at radius 1 is 0.938 bits per heavy atom. The quantitative estimate of drug-likeness (QED) is 0.533. The molecule has 32 heavy (non-hydrogen) atoms. The molecule has 168 valence electrons. The third-order valence-corrected chi connectivity index (χ3v) is 5.84. The highest BCUT2D eigenvalue weighted by molar-refractivity contribution is 7.92. The van der Waals surface area contributed by atoms with Gasteiger partial charge in [0.05, 0.1) is 12.7 Å². The molecule has 3 aromatic carbocycles. The van der Waals surface area contributed by atoms with Crippen molar-refractivity contribution >= 4 is 27.3 Å². The van der Waals surface area contributed by atoms with Crippen LogP contribution in [0.1, 0.15) is 21.5 Å². The highest BCUT2D eigenvalue weighted by Gasteiger charge is 2.30. The summed E-state index contributed by atoms with van der Waals surface area (Å²) in [7, 11) is -2.68. The number of methoxy groups -OCH3 is 1. The van der Waals surface area contributed by atoms with Crippen LogP contribution in [0.5, 0.6) is 5.75 Å². The Balaban J connectivity index is 1.83. The Morgan fingerprint density at radius 2 is 1.62 bits per heavy atom. The summed E-state index contributed by atoms with van der Waals surface area (Å²) < 4.78 is 71.8. The van der Waals surface area contributed by atoms with Crippen molar-refractivity contribution < 1.29 is 31.1 Å². The molecule has 0 bridgehead atoms. The zero-order chi connectivity index (χ0) is 23.5. The number of carbonyl (C=O) groups is 1. The van der Waals surface area contributed by atoms with Gasteiger partial charge in [-0.1, -0.05) is 18.2 Å². The minimum atomic E-state index is -4.55. The van der Waals surface area contributed by atoms with Gasteiger partial charge in [0.1, 0.15) is 10.6 Å². The van der Waals surface area contributed by atoms with Gasteiger partial charge in [0.25, 0.3) is 15.9 Å². The maximum atomic E-state index is 12.9. The normalized spacial score (nSPS) is 11.7. The number of hydrogen-bond acceptors (Lipinski definition) is 4. The lowest BCUT2D eigenvalue weighted by molar-refractivity contribution is -0.137. The number of amides is 1. The molecule has 0 saturated heterocycles. The standard InChI is InChI=1S/C22H19F3N2O4S/c1-14-9-10-19(31-2)20(11-14)32(29,30)27-18-8-3-5-15(12-18)21(28)26-17-7-4-6-16(13-17)22(23,24)25/h3-13,27H,1-2H3,(H,26,28). The lowest BCUT2D eigenvalue weighted by Crippen LogP contribution is -2.16. The fourth-order valence-electron chi connectivity index (χ4n) is 2.90. The molecule has 6 nitrogen and oxygen atoms in total. The maximum Gasteiger partial charge on any atom is 0.416 e. The Morgan fingerprint density at radius 3 is 2.31 bits per heavy atom. The van der Waals surface area contributed by atoms with Crippen LogP contribution in [0, 0.1) is 6.92 Å². The van der Waals surface area contributed by atoms with Gasteiger partial charge < -0.3 is 10.1 Å². The zero-order valence-electron chi connectivity index (χ0n) is 17.0. The fourth-order valence-corrected chi connectivity index (χ4v) is 4.21. The van der Waals surface area contributed by atoms with Gasteiger partial charge in [-0.15, -0.1) is 0 Å². The molecule has 1 amide bonds. The monoisotopic (exact) mass is 464 g/mol. The minimum Gasteiger partial charge on any atom is -0.495 e. The van der Waals surface area contributed by atoms with Gasteiger partial charge in [0, 0.05) is 16.9 Å². The molecule has 0 aromatic heterocycles. The number of halogens is 3. The van der Waals surface area contributed by atoms with Crippen LogP contribution in [0.4, 0.5) is 24.5 Å². The number of rotatable bonds is 6. The predicted molar refractivity (Wildman–Crippen MR) is 114 cm³/mol. The minimum absolute atomic E-state index is 0.0414. The summed E-state index contributed by atoms with van der Waals surface area (Å²) in [6.45, 7) is 1.73. The van der Waals surface area contributed by atoms with E-state index in [0.29, 0.717) is 5.56 Å². The Hall–Kier alpha value is -3.53. The van der Waals surface area contributed by atoms with E-state index in [2.05, 4.69) is 10.0 Å². The second-order valence-electron chi connectivity index (χ2n) is 6.87. The molecular formula is C22H19F3N2O4S. The first kappa shape index (κ1) is 23.1. The van der Waals surface area contributed by atoms with Gasteiger partial charge in [-0.25, -0.2) is 8.42 Å². The molecule has 0 unspecified atom stereocenters. The van der Waals surface area contributed by atoms with Crippen molar-refractivity contribution in [2.75, 3.05) is 17.1 Å². The molecule has 10 heteroatoms. The average molecular weight is 464 g/mol. The van der Waals surface area contributed by atoms with Crippen LogP contribution in [0.15, 0.2) is 71.6 Å². The number of sulfonamides is 1. The van der Waals surface area contributed by atoms with Crippen molar-refractivity contribution in [1.29, 1.82) is 0 Å². The molecule has 0 saturated carbocycles. The van der Waals surface area contributed by atoms with E-state index in [0.717, 1.165) is 12.1 Å². The smallest absolute Gasteiger partial charge is 0.416 e. The average Bonchev–Trinajstić information content (AvgIpc) is 2.73. The van der Waals surface area contributed by atoms with Crippen LogP contribution >= 0.6 is 0 Å². The van der Waals surface area contributed by atoms with Gasteiger partial charge in [-0.05, 0) is 61.0 Å². The van der Waals surface area contributed by atoms with E-state index in [4.69, 9.17) is 4.74 Å². The SMILES string of the molecule is COc1ccc(C)cc1S(=O)(=O)Nc1cccc(C(=O)Nc2cccc(C(F)(F)F)c2)c1. The molecule has 0 aliphatic heterocycles. The second-order valence-corrected chi connectivity index (χ2v) is 8.52. The lowest BCUT2D eigenvalue weighted by Gasteiger charge is -2.13. The molecule has 2 N–H and O–H groups in total. The van der Waals surface area contributed by atoms with Crippen LogP contribution in [0.3, 0.4) is 0 Å². The summed E-state index contributed by atoms with van der Waals surface area (Å²) in [5.74, 6) is -0.542. The molecule has 3 rings (SSSR count). The molecule has 0 spiro atoms. The molecule has 0 atom stereocenters. The Labute approximate surface area is 183 Å². The number of anilines is 2. The fraction of sp³-hybridized carbons (Fsp3) is 0.136. The molecule has 0 radical (unpaired) electrons. The molecular weight excluding hydrogens is 445 g/mol. The van der Waals surface area contributed by atoms with Gasteiger partial charge >= 0.3 is 6.18 Å². The van der Waals surface area contributed by atoms with E-state index in [1.54, 1.807) is 13.0 Å². The first-order valence-corrected chi connectivity index (χ1v) is 10.7. The highest BCUT2D eigenvalue weighted by Crippen LogP contribution is 2.31. The summed E-state index contributed by atoms with van der Waals surface area (Å²) in [6.07, 6.45) is -4.55. The van der Waals surface area contributed by atoms with Crippen LogP contribution in [0.25, 0.3) is 0 Å². The van der Waals surface area contributed by atoms with Crippen molar-refractivity contribution in [1.82, 2.24) is 0 Å². The van der Waals surface area contributed by atoms with E-state index in [1.807, 2.05) is 0 Å². The van der Waals surface area contributed by atoms with E-state index in [-0.39, 0.29) is 27.6 Å². The third kappa shape index (κ3) is 5.38. The summed E-state index contributed by atoms with van der Waals surface area (Å²) in [5.41, 5.74) is -0.0753. The third-order valence-electron chi connectivity index (χ3n) is 4.43. The van der Waals surface area contributed by atoms with Crippen LogP contribution in [-0.2, 0) is 16.2 Å². The first-order valence-electron chi connectivity index (χ1n) is 9.26. The number of benzene rings is 3. The molecule has 0 aliphatic rings. The number of aryl methyl sites for hydroxylation is 1. The summed E-state index contributed by atoms with van der Waals surface area (Å²) in [5, 5.41) is 2.38. The maximum absolute atomic E-state index is 12.9. The van der Waals surface area contributed by atoms with Crippen LogP contribution in [0.2, 0.25) is 0 Å². The Kier molecular flexibility index (Phi) is 6.45. The van der Waals surface area contributed by atoms with Crippen molar-refractivity contribution in [3.05, 3.63) is 83.4 Å². The van der Waals surface area contributed by atoms with E-state index in [1.165, 1.54) is 55.6 Å². The molecule has 0 heterocycles. The highest BCUT2D eigenvalue weighted by atomic mass is 32.2. The van der Waals surface area contributed by atoms with Crippen LogP contribution in [-0.4, -0.2) is 21.4 Å². The second kappa shape index (κ2) is 8.91.